The van der Waals surface area contributed by atoms with E-state index in [1.54, 1.807) is 0 Å². The highest BCUT2D eigenvalue weighted by atomic mass is 79.9. The zero-order chi connectivity index (χ0) is 22.2. The number of aryl methyl sites for hydroxylation is 2. The molecule has 0 spiro atoms. The minimum Gasteiger partial charge on any atom is -0.338 e. The topological polar surface area (TPSA) is 56.0 Å². The Morgan fingerprint density at radius 3 is 2.78 bits per heavy atom. The number of benzene rings is 1. The van der Waals surface area contributed by atoms with Gasteiger partial charge in [-0.15, -0.1) is 10.2 Å². The SMILES string of the molecule is Cc1cc(C(=O)N2CCCC(c3nnc4n3CCCCC4)C2)c(C)n1-c1cccc(Br)c1. The molecule has 7 heteroatoms. The molecule has 1 unspecified atom stereocenters. The lowest BCUT2D eigenvalue weighted by Gasteiger charge is -2.32. The number of fused-ring (bicyclic) bond motifs is 1. The van der Waals surface area contributed by atoms with Gasteiger partial charge < -0.3 is 14.0 Å². The second-order valence-corrected chi connectivity index (χ2v) is 10.0. The van der Waals surface area contributed by atoms with Crippen LogP contribution in [-0.2, 0) is 13.0 Å². The van der Waals surface area contributed by atoms with Gasteiger partial charge >= 0.3 is 0 Å². The zero-order valence-corrected chi connectivity index (χ0v) is 20.4. The number of carbonyl (C=O) groups excluding carboxylic acids is 1. The van der Waals surface area contributed by atoms with Crippen LogP contribution in [0.15, 0.2) is 34.8 Å². The minimum atomic E-state index is 0.125. The van der Waals surface area contributed by atoms with Gasteiger partial charge in [0.15, 0.2) is 0 Å². The summed E-state index contributed by atoms with van der Waals surface area (Å²) in [5.74, 6) is 2.60. The van der Waals surface area contributed by atoms with Crippen LogP contribution in [0.4, 0.5) is 0 Å². The largest absolute Gasteiger partial charge is 0.338 e. The summed E-state index contributed by atoms with van der Waals surface area (Å²) >= 11 is 3.56. The van der Waals surface area contributed by atoms with E-state index in [0.29, 0.717) is 0 Å². The molecule has 5 rings (SSSR count). The smallest absolute Gasteiger partial charge is 0.255 e. The fourth-order valence-electron chi connectivity index (χ4n) is 5.34. The third kappa shape index (κ3) is 3.91. The van der Waals surface area contributed by atoms with Gasteiger partial charge in [0.05, 0.1) is 5.56 Å². The van der Waals surface area contributed by atoms with Crippen LogP contribution in [0.3, 0.4) is 0 Å². The predicted octanol–water partition coefficient (Wildman–Crippen LogP) is 5.19. The van der Waals surface area contributed by atoms with Gasteiger partial charge in [0.25, 0.3) is 5.91 Å². The number of carbonyl (C=O) groups is 1. The summed E-state index contributed by atoms with van der Waals surface area (Å²) in [4.78, 5) is 15.6. The van der Waals surface area contributed by atoms with Crippen LogP contribution in [0.2, 0.25) is 0 Å². The van der Waals surface area contributed by atoms with Crippen LogP contribution >= 0.6 is 15.9 Å². The standard InChI is InChI=1S/C25H30BrN5O/c1-17-14-22(18(2)31(17)21-10-6-9-20(26)15-21)25(32)29-12-7-8-19(16-29)24-28-27-23-11-4-3-5-13-30(23)24/h6,9-10,14-15,19H,3-5,7-8,11-13,16H2,1-2H3. The van der Waals surface area contributed by atoms with Gasteiger partial charge in [-0.1, -0.05) is 28.4 Å². The summed E-state index contributed by atoms with van der Waals surface area (Å²) < 4.78 is 5.53. The van der Waals surface area contributed by atoms with Gasteiger partial charge in [-0.2, -0.15) is 0 Å². The molecule has 168 valence electrons. The van der Waals surface area contributed by atoms with Gasteiger partial charge in [-0.25, -0.2) is 0 Å². The summed E-state index contributed by atoms with van der Waals surface area (Å²) in [6.07, 6.45) is 6.73. The Balaban J connectivity index is 1.40. The monoisotopic (exact) mass is 495 g/mol. The zero-order valence-electron chi connectivity index (χ0n) is 18.9. The highest BCUT2D eigenvalue weighted by Gasteiger charge is 2.31. The summed E-state index contributed by atoms with van der Waals surface area (Å²) in [6, 6.07) is 10.2. The van der Waals surface area contributed by atoms with Crippen LogP contribution < -0.4 is 0 Å². The Labute approximate surface area is 197 Å². The molecule has 2 aliphatic heterocycles. The number of hydrogen-bond donors (Lipinski definition) is 0. The van der Waals surface area contributed by atoms with Crippen LogP contribution in [-0.4, -0.2) is 43.2 Å². The lowest BCUT2D eigenvalue weighted by Crippen LogP contribution is -2.40. The molecule has 1 saturated heterocycles. The molecule has 32 heavy (non-hydrogen) atoms. The summed E-state index contributed by atoms with van der Waals surface area (Å²) in [5.41, 5.74) is 3.92. The summed E-state index contributed by atoms with van der Waals surface area (Å²) in [6.45, 7) is 6.64. The average Bonchev–Trinajstić information content (AvgIpc) is 3.23. The molecular formula is C25H30BrN5O. The summed E-state index contributed by atoms with van der Waals surface area (Å²) in [5, 5.41) is 9.07. The van der Waals surface area contributed by atoms with Crippen molar-refractivity contribution in [3.8, 4) is 5.69 Å². The fraction of sp³-hybridized carbons (Fsp3) is 0.480. The van der Waals surface area contributed by atoms with Crippen molar-refractivity contribution in [2.45, 2.75) is 64.8 Å². The first-order chi connectivity index (χ1) is 15.5. The number of halogens is 1. The molecule has 1 aromatic carbocycles. The minimum absolute atomic E-state index is 0.125. The van der Waals surface area contributed by atoms with Crippen LogP contribution in [0.25, 0.3) is 5.69 Å². The van der Waals surface area contributed by atoms with Crippen molar-refractivity contribution >= 4 is 21.8 Å². The van der Waals surface area contributed by atoms with Crippen molar-refractivity contribution in [1.82, 2.24) is 24.2 Å². The van der Waals surface area contributed by atoms with Crippen molar-refractivity contribution < 1.29 is 4.79 Å². The molecule has 0 radical (unpaired) electrons. The number of aromatic nitrogens is 4. The van der Waals surface area contributed by atoms with E-state index in [2.05, 4.69) is 54.3 Å². The Morgan fingerprint density at radius 2 is 1.94 bits per heavy atom. The first kappa shape index (κ1) is 21.4. The predicted molar refractivity (Wildman–Crippen MR) is 128 cm³/mol. The quantitative estimate of drug-likeness (QED) is 0.501. The van der Waals surface area contributed by atoms with Gasteiger partial charge in [0.1, 0.15) is 11.6 Å². The molecule has 0 aliphatic carbocycles. The normalized spacial score (nSPS) is 19.0. The number of hydrogen-bond acceptors (Lipinski definition) is 3. The summed E-state index contributed by atoms with van der Waals surface area (Å²) in [7, 11) is 0. The van der Waals surface area contributed by atoms with Gasteiger partial charge in [-0.3, -0.25) is 4.79 Å². The molecule has 0 saturated carbocycles. The van der Waals surface area contributed by atoms with E-state index in [4.69, 9.17) is 0 Å². The molecule has 4 heterocycles. The van der Waals surface area contributed by atoms with Crippen molar-refractivity contribution in [3.05, 3.63) is 63.4 Å². The third-order valence-electron chi connectivity index (χ3n) is 6.94. The van der Waals surface area contributed by atoms with E-state index < -0.39 is 0 Å². The lowest BCUT2D eigenvalue weighted by atomic mass is 9.96. The molecule has 1 amide bonds. The number of likely N-dealkylation sites (tertiary alicyclic amines) is 1. The number of piperidine rings is 1. The maximum atomic E-state index is 13.6. The molecule has 2 aromatic heterocycles. The number of rotatable bonds is 3. The lowest BCUT2D eigenvalue weighted by molar-refractivity contribution is 0.0702. The second kappa shape index (κ2) is 8.85. The molecule has 0 bridgehead atoms. The first-order valence-corrected chi connectivity index (χ1v) is 12.5. The van der Waals surface area contributed by atoms with E-state index in [9.17, 15) is 4.79 Å². The van der Waals surface area contributed by atoms with Crippen LogP contribution in [0.5, 0.6) is 0 Å². The molecule has 1 atom stereocenters. The third-order valence-corrected chi connectivity index (χ3v) is 7.43. The average molecular weight is 496 g/mol. The fourth-order valence-corrected chi connectivity index (χ4v) is 5.73. The van der Waals surface area contributed by atoms with Crippen molar-refractivity contribution in [2.24, 2.45) is 0 Å². The Kier molecular flexibility index (Phi) is 5.93. The molecule has 3 aromatic rings. The van der Waals surface area contributed by atoms with E-state index in [0.717, 1.165) is 77.7 Å². The van der Waals surface area contributed by atoms with E-state index in [1.165, 1.54) is 19.3 Å². The van der Waals surface area contributed by atoms with E-state index >= 15 is 0 Å². The highest BCUT2D eigenvalue weighted by Crippen LogP contribution is 2.30. The Morgan fingerprint density at radius 1 is 1.06 bits per heavy atom. The maximum Gasteiger partial charge on any atom is 0.255 e. The van der Waals surface area contributed by atoms with Crippen molar-refractivity contribution in [2.75, 3.05) is 13.1 Å². The Hall–Kier alpha value is -2.41. The molecule has 2 aliphatic rings. The number of amides is 1. The van der Waals surface area contributed by atoms with E-state index in [-0.39, 0.29) is 11.8 Å². The number of nitrogens with zero attached hydrogens (tertiary/aromatic N) is 5. The Bertz CT molecular complexity index is 1150. The molecule has 0 N–H and O–H groups in total. The van der Waals surface area contributed by atoms with Gasteiger partial charge in [-0.05, 0) is 63.8 Å². The first-order valence-electron chi connectivity index (χ1n) is 11.7. The van der Waals surface area contributed by atoms with Crippen LogP contribution in [0.1, 0.15) is 71.4 Å². The van der Waals surface area contributed by atoms with Crippen molar-refractivity contribution in [3.63, 3.8) is 0 Å². The van der Waals surface area contributed by atoms with E-state index in [1.807, 2.05) is 30.0 Å². The van der Waals surface area contributed by atoms with Crippen LogP contribution in [0, 0.1) is 13.8 Å². The molecular weight excluding hydrogens is 466 g/mol. The van der Waals surface area contributed by atoms with Crippen molar-refractivity contribution in [1.29, 1.82) is 0 Å². The van der Waals surface area contributed by atoms with Gasteiger partial charge in [0.2, 0.25) is 0 Å². The second-order valence-electron chi connectivity index (χ2n) is 9.13. The molecule has 6 nitrogen and oxygen atoms in total. The maximum absolute atomic E-state index is 13.6. The van der Waals surface area contributed by atoms with Gasteiger partial charge in [0, 0.05) is 53.5 Å². The highest BCUT2D eigenvalue weighted by molar-refractivity contribution is 9.10. The molecule has 1 fully saturated rings.